The van der Waals surface area contributed by atoms with Gasteiger partial charge in [-0.1, -0.05) is 0 Å². The molecule has 0 bridgehead atoms. The van der Waals surface area contributed by atoms with E-state index in [-0.39, 0.29) is 5.03 Å². The Hall–Kier alpha value is -1.43. The van der Waals surface area contributed by atoms with Crippen LogP contribution in [0.4, 0.5) is 0 Å². The molecule has 1 aromatic rings. The SMILES string of the molecule is CC1=Cc2cncnc2S(=O)(=O)N1C. The lowest BCUT2D eigenvalue weighted by Gasteiger charge is -2.24. The maximum atomic E-state index is 11.8. The zero-order valence-electron chi connectivity index (χ0n) is 7.80. The van der Waals surface area contributed by atoms with Gasteiger partial charge in [-0.3, -0.25) is 4.31 Å². The Kier molecular flexibility index (Phi) is 1.81. The second-order valence-corrected chi connectivity index (χ2v) is 4.93. The fourth-order valence-electron chi connectivity index (χ4n) is 1.28. The number of rotatable bonds is 0. The van der Waals surface area contributed by atoms with Crippen molar-refractivity contribution in [1.29, 1.82) is 0 Å². The molecule has 14 heavy (non-hydrogen) atoms. The first-order valence-electron chi connectivity index (χ1n) is 4.01. The molecule has 0 radical (unpaired) electrons. The molecule has 0 amide bonds. The van der Waals surface area contributed by atoms with Gasteiger partial charge in [0.25, 0.3) is 10.0 Å². The molecule has 2 heterocycles. The molecule has 0 aliphatic carbocycles. The second kappa shape index (κ2) is 2.78. The summed E-state index contributed by atoms with van der Waals surface area (Å²) in [5.41, 5.74) is 1.20. The molecule has 5 nitrogen and oxygen atoms in total. The number of nitrogens with zero attached hydrogens (tertiary/aromatic N) is 3. The van der Waals surface area contributed by atoms with Crippen molar-refractivity contribution < 1.29 is 8.42 Å². The molecule has 1 aliphatic heterocycles. The molecule has 6 heteroatoms. The van der Waals surface area contributed by atoms with E-state index in [0.29, 0.717) is 11.3 Å². The van der Waals surface area contributed by atoms with Crippen molar-refractivity contribution in [2.75, 3.05) is 7.05 Å². The highest BCUT2D eigenvalue weighted by molar-refractivity contribution is 7.89. The van der Waals surface area contributed by atoms with E-state index in [1.165, 1.54) is 23.9 Å². The number of fused-ring (bicyclic) bond motifs is 1. The lowest BCUT2D eigenvalue weighted by Crippen LogP contribution is -2.29. The van der Waals surface area contributed by atoms with Crippen LogP contribution >= 0.6 is 0 Å². The lowest BCUT2D eigenvalue weighted by molar-refractivity contribution is 0.517. The predicted octanol–water partition coefficient (Wildman–Crippen LogP) is 0.472. The fraction of sp³-hybridized carbons (Fsp3) is 0.250. The summed E-state index contributed by atoms with van der Waals surface area (Å²) in [5, 5.41) is 0.0700. The van der Waals surface area contributed by atoms with Crippen LogP contribution < -0.4 is 0 Å². The monoisotopic (exact) mass is 211 g/mol. The number of sulfonamides is 1. The largest absolute Gasteiger partial charge is 0.282 e. The molecule has 0 spiro atoms. The van der Waals surface area contributed by atoms with Crippen LogP contribution in [0.15, 0.2) is 23.2 Å². The van der Waals surface area contributed by atoms with Crippen molar-refractivity contribution in [1.82, 2.24) is 14.3 Å². The van der Waals surface area contributed by atoms with Crippen molar-refractivity contribution in [3.05, 3.63) is 23.8 Å². The highest BCUT2D eigenvalue weighted by Crippen LogP contribution is 2.26. The topological polar surface area (TPSA) is 63.2 Å². The summed E-state index contributed by atoms with van der Waals surface area (Å²) in [6.07, 6.45) is 4.48. The zero-order chi connectivity index (χ0) is 10.3. The summed E-state index contributed by atoms with van der Waals surface area (Å²) in [6, 6.07) is 0. The Bertz CT molecular complexity index is 507. The van der Waals surface area contributed by atoms with Gasteiger partial charge in [0.05, 0.1) is 0 Å². The van der Waals surface area contributed by atoms with Crippen LogP contribution in [0, 0.1) is 0 Å². The van der Waals surface area contributed by atoms with E-state index in [9.17, 15) is 8.42 Å². The van der Waals surface area contributed by atoms with Crippen LogP contribution in [0.5, 0.6) is 0 Å². The van der Waals surface area contributed by atoms with Crippen LogP contribution in [0.1, 0.15) is 12.5 Å². The Morgan fingerprint density at radius 1 is 1.43 bits per heavy atom. The molecule has 2 rings (SSSR count). The van der Waals surface area contributed by atoms with Gasteiger partial charge in [0, 0.05) is 24.5 Å². The van der Waals surface area contributed by atoms with Gasteiger partial charge >= 0.3 is 0 Å². The van der Waals surface area contributed by atoms with Crippen molar-refractivity contribution in [2.45, 2.75) is 11.9 Å². The maximum absolute atomic E-state index is 11.8. The smallest absolute Gasteiger partial charge is 0.272 e. The Labute approximate surface area is 82.2 Å². The first-order chi connectivity index (χ1) is 6.53. The summed E-state index contributed by atoms with van der Waals surface area (Å²) < 4.78 is 24.8. The molecule has 1 aliphatic rings. The third-order valence-electron chi connectivity index (χ3n) is 2.17. The summed E-state index contributed by atoms with van der Waals surface area (Å²) in [6.45, 7) is 1.73. The van der Waals surface area contributed by atoms with Crippen molar-refractivity contribution in [3.63, 3.8) is 0 Å². The van der Waals surface area contributed by atoms with Crippen molar-refractivity contribution in [3.8, 4) is 0 Å². The molecule has 0 saturated heterocycles. The number of hydrogen-bond donors (Lipinski definition) is 0. The van der Waals surface area contributed by atoms with Gasteiger partial charge in [0.1, 0.15) is 6.33 Å². The number of aromatic nitrogens is 2. The summed E-state index contributed by atoms with van der Waals surface area (Å²) >= 11 is 0. The average molecular weight is 211 g/mol. The summed E-state index contributed by atoms with van der Waals surface area (Å²) in [5.74, 6) is 0. The lowest BCUT2D eigenvalue weighted by atomic mass is 10.3. The molecule has 0 unspecified atom stereocenters. The Morgan fingerprint density at radius 2 is 2.14 bits per heavy atom. The fourth-order valence-corrected chi connectivity index (χ4v) is 2.56. The van der Waals surface area contributed by atoms with Gasteiger partial charge < -0.3 is 0 Å². The van der Waals surface area contributed by atoms with E-state index in [1.807, 2.05) is 0 Å². The maximum Gasteiger partial charge on any atom is 0.282 e. The minimum absolute atomic E-state index is 0.0700. The van der Waals surface area contributed by atoms with Crippen LogP contribution in [-0.2, 0) is 10.0 Å². The van der Waals surface area contributed by atoms with E-state index in [2.05, 4.69) is 9.97 Å². The number of allylic oxidation sites excluding steroid dienone is 1. The molecule has 0 atom stereocenters. The highest BCUT2D eigenvalue weighted by atomic mass is 32.2. The summed E-state index contributed by atoms with van der Waals surface area (Å²) in [7, 11) is -1.95. The first kappa shape index (κ1) is 9.14. The molecule has 0 saturated carbocycles. The first-order valence-corrected chi connectivity index (χ1v) is 5.45. The normalized spacial score (nSPS) is 18.7. The Balaban J connectivity index is 2.79. The van der Waals surface area contributed by atoms with E-state index in [0.717, 1.165) is 0 Å². The standard InChI is InChI=1S/C8H9N3O2S/c1-6-3-7-4-9-5-10-8(7)14(12,13)11(6)2/h3-5H,1-2H3. The summed E-state index contributed by atoms with van der Waals surface area (Å²) in [4.78, 5) is 7.56. The zero-order valence-corrected chi connectivity index (χ0v) is 8.61. The molecule has 1 aromatic heterocycles. The minimum atomic E-state index is -3.46. The van der Waals surface area contributed by atoms with E-state index >= 15 is 0 Å². The molecule has 0 aromatic carbocycles. The number of hydrogen-bond acceptors (Lipinski definition) is 4. The van der Waals surface area contributed by atoms with E-state index < -0.39 is 10.0 Å². The van der Waals surface area contributed by atoms with Gasteiger partial charge in [0.15, 0.2) is 5.03 Å². The van der Waals surface area contributed by atoms with Crippen LogP contribution in [-0.4, -0.2) is 29.7 Å². The van der Waals surface area contributed by atoms with Gasteiger partial charge in [-0.2, -0.15) is 8.42 Å². The Morgan fingerprint density at radius 3 is 2.86 bits per heavy atom. The highest BCUT2D eigenvalue weighted by Gasteiger charge is 2.29. The molecule has 0 fully saturated rings. The van der Waals surface area contributed by atoms with E-state index in [4.69, 9.17) is 0 Å². The molecule has 74 valence electrons. The quantitative estimate of drug-likeness (QED) is 0.585. The van der Waals surface area contributed by atoms with Crippen molar-refractivity contribution >= 4 is 16.1 Å². The predicted molar refractivity (Wildman–Crippen MR) is 50.6 cm³/mol. The minimum Gasteiger partial charge on any atom is -0.272 e. The third kappa shape index (κ3) is 1.11. The van der Waals surface area contributed by atoms with Gasteiger partial charge in [-0.25, -0.2) is 9.97 Å². The molecule has 0 N–H and O–H groups in total. The average Bonchev–Trinajstić information content (AvgIpc) is 2.15. The van der Waals surface area contributed by atoms with Crippen LogP contribution in [0.3, 0.4) is 0 Å². The van der Waals surface area contributed by atoms with Crippen LogP contribution in [0.25, 0.3) is 6.08 Å². The van der Waals surface area contributed by atoms with E-state index in [1.54, 1.807) is 13.0 Å². The van der Waals surface area contributed by atoms with Crippen molar-refractivity contribution in [2.24, 2.45) is 0 Å². The third-order valence-corrected chi connectivity index (χ3v) is 4.01. The second-order valence-electron chi connectivity index (χ2n) is 3.04. The molecular formula is C8H9N3O2S. The van der Waals surface area contributed by atoms with Gasteiger partial charge in [-0.15, -0.1) is 0 Å². The van der Waals surface area contributed by atoms with Gasteiger partial charge in [-0.05, 0) is 13.0 Å². The molecular weight excluding hydrogens is 202 g/mol. The van der Waals surface area contributed by atoms with Crippen LogP contribution in [0.2, 0.25) is 0 Å². The van der Waals surface area contributed by atoms with Gasteiger partial charge in [0.2, 0.25) is 0 Å².